The third kappa shape index (κ3) is 8.14. The van der Waals surface area contributed by atoms with Crippen molar-refractivity contribution in [2.24, 2.45) is 5.92 Å². The molecular weight excluding hydrogens is 464 g/mol. The van der Waals surface area contributed by atoms with E-state index in [1.54, 1.807) is 6.92 Å². The molecule has 0 aromatic rings. The zero-order valence-corrected chi connectivity index (χ0v) is 19.0. The summed E-state index contributed by atoms with van der Waals surface area (Å²) in [6.45, 7) is 2.65. The van der Waals surface area contributed by atoms with Gasteiger partial charge in [-0.25, -0.2) is 38.7 Å². The van der Waals surface area contributed by atoms with E-state index in [1.807, 2.05) is 6.92 Å². The fourth-order valence-corrected chi connectivity index (χ4v) is 3.03. The summed E-state index contributed by atoms with van der Waals surface area (Å²) in [5.74, 6) is -10.2. The number of hydrogen-bond acceptors (Lipinski definition) is 14. The molecule has 196 valence electrons. The van der Waals surface area contributed by atoms with Crippen LogP contribution in [0.1, 0.15) is 58.8 Å². The maximum Gasteiger partial charge on any atom is 0.364 e. The summed E-state index contributed by atoms with van der Waals surface area (Å²) in [5.41, 5.74) is 0. The average Bonchev–Trinajstić information content (AvgIpc) is 2.82. The number of aliphatic hydroxyl groups excluding tert-OH is 4. The maximum atomic E-state index is 12.6. The number of unbranched alkanes of at least 4 members (excludes halogenated alkanes) is 2. The van der Waals surface area contributed by atoms with E-state index in [9.17, 15) is 44.7 Å². The molecule has 0 aromatic carbocycles. The molecule has 0 amide bonds. The molecule has 0 aromatic heterocycles. The Morgan fingerprint density at radius 3 is 1.85 bits per heavy atom. The molecule has 6 atom stereocenters. The molecule has 1 fully saturated rings. The van der Waals surface area contributed by atoms with E-state index in [0.717, 1.165) is 0 Å². The highest BCUT2D eigenvalue weighted by atomic mass is 17.2. The molecule has 2 unspecified atom stereocenters. The van der Waals surface area contributed by atoms with E-state index in [4.69, 9.17) is 4.74 Å². The zero-order valence-electron chi connectivity index (χ0n) is 19.0. The van der Waals surface area contributed by atoms with Crippen LogP contribution in [-0.4, -0.2) is 86.2 Å². The molecule has 14 nitrogen and oxygen atoms in total. The second-order valence-corrected chi connectivity index (χ2v) is 7.75. The van der Waals surface area contributed by atoms with Crippen LogP contribution in [0, 0.1) is 5.92 Å². The average molecular weight is 496 g/mol. The summed E-state index contributed by atoms with van der Waals surface area (Å²) in [6.07, 6.45) is -7.21. The van der Waals surface area contributed by atoms with Gasteiger partial charge in [-0.3, -0.25) is 0 Å². The molecule has 5 N–H and O–H groups in total. The fraction of sp³-hybridized carbons (Fsp3) is 0.800. The molecule has 0 radical (unpaired) electrons. The quantitative estimate of drug-likeness (QED) is 0.163. The van der Waals surface area contributed by atoms with Crippen molar-refractivity contribution < 1.29 is 69.0 Å². The number of carbonyl (C=O) groups is 4. The standard InChI is InChI=1S/C20H32O14/c1-3-5-7-13(22)31-33-15(24)9-11(19(28)34-32-14(23)8-6-4-2)20(29)18(27)17(26)16(25)12(10-21)30-20/h11-12,16-18,21,25-27,29H,3-10H2,1-2H3/t11?,12-,16-,17+,18-,20?/m1/s1. The van der Waals surface area contributed by atoms with Crippen LogP contribution in [0.3, 0.4) is 0 Å². The van der Waals surface area contributed by atoms with Crippen LogP contribution in [0.25, 0.3) is 0 Å². The number of rotatable bonds is 11. The van der Waals surface area contributed by atoms with Gasteiger partial charge in [0.15, 0.2) is 0 Å². The molecule has 0 aliphatic carbocycles. The molecule has 1 aliphatic heterocycles. The van der Waals surface area contributed by atoms with Gasteiger partial charge in [0.1, 0.15) is 30.3 Å². The topological polar surface area (TPSA) is 216 Å². The lowest BCUT2D eigenvalue weighted by molar-refractivity contribution is -0.370. The van der Waals surface area contributed by atoms with Gasteiger partial charge in [0, 0.05) is 0 Å². The molecule has 1 saturated heterocycles. The van der Waals surface area contributed by atoms with Crippen LogP contribution in [0.15, 0.2) is 0 Å². The van der Waals surface area contributed by atoms with Crippen molar-refractivity contribution in [1.82, 2.24) is 0 Å². The number of aliphatic hydroxyl groups is 5. The first-order valence-electron chi connectivity index (χ1n) is 10.9. The lowest BCUT2D eigenvalue weighted by Gasteiger charge is -2.47. The SMILES string of the molecule is CCCCC(=O)OOC(=O)CC(C(=O)OOC(=O)CCCC)C1(O)O[C@H](CO)[C@@H](O)[C@H](O)[C@H]1O. The van der Waals surface area contributed by atoms with Gasteiger partial charge in [0.25, 0.3) is 0 Å². The predicted octanol–water partition coefficient (Wildman–Crippen LogP) is -1.46. The monoisotopic (exact) mass is 496 g/mol. The van der Waals surface area contributed by atoms with Crippen LogP contribution in [0.2, 0.25) is 0 Å². The Labute approximate surface area is 195 Å². The molecule has 1 heterocycles. The predicted molar refractivity (Wildman–Crippen MR) is 106 cm³/mol. The summed E-state index contributed by atoms with van der Waals surface area (Å²) < 4.78 is 5.04. The van der Waals surface area contributed by atoms with Crippen LogP contribution in [0.5, 0.6) is 0 Å². The minimum Gasteiger partial charge on any atom is -0.394 e. The maximum absolute atomic E-state index is 12.6. The zero-order chi connectivity index (χ0) is 25.9. The summed E-state index contributed by atoms with van der Waals surface area (Å²) in [6, 6.07) is 0. The van der Waals surface area contributed by atoms with Crippen LogP contribution in [0.4, 0.5) is 0 Å². The molecule has 34 heavy (non-hydrogen) atoms. The normalized spacial score (nSPS) is 27.4. The van der Waals surface area contributed by atoms with E-state index < -0.39 is 73.0 Å². The van der Waals surface area contributed by atoms with Crippen molar-refractivity contribution in [3.63, 3.8) is 0 Å². The molecule has 14 heteroatoms. The van der Waals surface area contributed by atoms with Gasteiger partial charge in [-0.1, -0.05) is 26.7 Å². The summed E-state index contributed by atoms with van der Waals surface area (Å²) in [4.78, 5) is 65.3. The van der Waals surface area contributed by atoms with Gasteiger partial charge in [0.05, 0.1) is 25.9 Å². The Morgan fingerprint density at radius 1 is 0.853 bits per heavy atom. The van der Waals surface area contributed by atoms with Gasteiger partial charge in [-0.2, -0.15) is 0 Å². The molecular formula is C20H32O14. The molecule has 1 aliphatic rings. The van der Waals surface area contributed by atoms with Crippen molar-refractivity contribution >= 4 is 23.9 Å². The second-order valence-electron chi connectivity index (χ2n) is 7.75. The van der Waals surface area contributed by atoms with E-state index in [0.29, 0.717) is 25.7 Å². The fourth-order valence-electron chi connectivity index (χ4n) is 3.03. The number of ether oxygens (including phenoxy) is 1. The lowest BCUT2D eigenvalue weighted by Crippen LogP contribution is -2.69. The van der Waals surface area contributed by atoms with Gasteiger partial charge >= 0.3 is 23.9 Å². The van der Waals surface area contributed by atoms with Crippen molar-refractivity contribution in [3.8, 4) is 0 Å². The summed E-state index contributed by atoms with van der Waals surface area (Å²) in [7, 11) is 0. The first-order chi connectivity index (χ1) is 16.0. The Bertz CT molecular complexity index is 695. The Balaban J connectivity index is 3.04. The van der Waals surface area contributed by atoms with Crippen molar-refractivity contribution in [3.05, 3.63) is 0 Å². The second kappa shape index (κ2) is 14.1. The first kappa shape index (κ1) is 29.7. The number of hydrogen-bond donors (Lipinski definition) is 5. The largest absolute Gasteiger partial charge is 0.394 e. The van der Waals surface area contributed by atoms with Crippen LogP contribution >= 0.6 is 0 Å². The molecule has 0 bridgehead atoms. The highest BCUT2D eigenvalue weighted by Gasteiger charge is 2.60. The summed E-state index contributed by atoms with van der Waals surface area (Å²) >= 11 is 0. The van der Waals surface area contributed by atoms with Gasteiger partial charge < -0.3 is 30.3 Å². The van der Waals surface area contributed by atoms with E-state index in [2.05, 4.69) is 19.6 Å². The minimum absolute atomic E-state index is 0.0585. The Hall–Kier alpha value is -2.36. The molecule has 0 saturated carbocycles. The minimum atomic E-state index is -3.12. The van der Waals surface area contributed by atoms with Crippen molar-refractivity contribution in [2.75, 3.05) is 6.61 Å². The van der Waals surface area contributed by atoms with E-state index >= 15 is 0 Å². The third-order valence-corrected chi connectivity index (χ3v) is 5.07. The Morgan fingerprint density at radius 2 is 1.35 bits per heavy atom. The number of carbonyl (C=O) groups excluding carboxylic acids is 4. The van der Waals surface area contributed by atoms with Crippen LogP contribution < -0.4 is 0 Å². The van der Waals surface area contributed by atoms with E-state index in [1.165, 1.54) is 0 Å². The van der Waals surface area contributed by atoms with Crippen molar-refractivity contribution in [2.45, 2.75) is 89.0 Å². The highest BCUT2D eigenvalue weighted by molar-refractivity contribution is 5.81. The summed E-state index contributed by atoms with van der Waals surface area (Å²) in [5, 5.41) is 50.5. The molecule has 1 rings (SSSR count). The lowest BCUT2D eigenvalue weighted by atomic mass is 9.83. The molecule has 0 spiro atoms. The Kier molecular flexibility index (Phi) is 12.3. The third-order valence-electron chi connectivity index (χ3n) is 5.07. The van der Waals surface area contributed by atoms with Gasteiger partial charge in [0.2, 0.25) is 5.79 Å². The van der Waals surface area contributed by atoms with Gasteiger partial charge in [-0.15, -0.1) is 0 Å². The van der Waals surface area contributed by atoms with Crippen molar-refractivity contribution in [1.29, 1.82) is 0 Å². The van der Waals surface area contributed by atoms with Gasteiger partial charge in [-0.05, 0) is 12.8 Å². The highest BCUT2D eigenvalue weighted by Crippen LogP contribution is 2.36. The first-order valence-corrected chi connectivity index (χ1v) is 10.9. The smallest absolute Gasteiger partial charge is 0.364 e. The van der Waals surface area contributed by atoms with Crippen LogP contribution in [-0.2, 0) is 43.5 Å². The van der Waals surface area contributed by atoms with E-state index in [-0.39, 0.29) is 12.8 Å².